The molecule has 0 bridgehead atoms. The number of allylic oxidation sites excluding steroid dienone is 1. The van der Waals surface area contributed by atoms with Crippen LogP contribution in [-0.4, -0.2) is 26.5 Å². The van der Waals surface area contributed by atoms with Crippen LogP contribution in [0.2, 0.25) is 0 Å². The van der Waals surface area contributed by atoms with Crippen LogP contribution in [0.3, 0.4) is 0 Å². The number of pyridine rings is 1. The molecule has 0 radical (unpaired) electrons. The van der Waals surface area contributed by atoms with E-state index in [-0.39, 0.29) is 5.57 Å². The van der Waals surface area contributed by atoms with Crippen molar-refractivity contribution >= 4 is 54.5 Å². The van der Waals surface area contributed by atoms with E-state index < -0.39 is 5.82 Å². The van der Waals surface area contributed by atoms with Gasteiger partial charge in [-0.1, -0.05) is 30.4 Å². The Labute approximate surface area is 189 Å². The molecule has 1 unspecified atom stereocenters. The van der Waals surface area contributed by atoms with Gasteiger partial charge in [-0.2, -0.15) is 5.26 Å². The first-order chi connectivity index (χ1) is 15.0. The van der Waals surface area contributed by atoms with Crippen molar-refractivity contribution in [2.45, 2.75) is 30.3 Å². The number of rotatable bonds is 3. The number of aromatic nitrogens is 3. The summed E-state index contributed by atoms with van der Waals surface area (Å²) in [7, 11) is 2.72. The van der Waals surface area contributed by atoms with Crippen LogP contribution >= 0.6 is 32.8 Å². The lowest BCUT2D eigenvalue weighted by Gasteiger charge is -2.22. The zero-order valence-electron chi connectivity index (χ0n) is 16.5. The fourth-order valence-electron chi connectivity index (χ4n) is 4.01. The zero-order chi connectivity index (χ0) is 21.7. The summed E-state index contributed by atoms with van der Waals surface area (Å²) in [5.41, 5.74) is 10.9. The molecule has 2 aliphatic heterocycles. The molecule has 4 heterocycles. The molecule has 31 heavy (non-hydrogen) atoms. The Morgan fingerprint density at radius 1 is 1.26 bits per heavy atom. The number of halogens is 1. The Kier molecular flexibility index (Phi) is 5.35. The van der Waals surface area contributed by atoms with E-state index in [1.807, 2.05) is 13.1 Å². The number of nitrogens with zero attached hydrogens (tertiary/aromatic N) is 4. The number of thioether (sulfide) groups is 2. The number of ether oxygens (including phenoxy) is 1. The minimum absolute atomic E-state index is 0.276. The molecule has 0 saturated heterocycles. The molecule has 10 heteroatoms. The maximum absolute atomic E-state index is 15.4. The Balaban J connectivity index is 1.90. The SMILES string of the molecule is CCSc1ncc2c3c(c(-c4c(F)cnc5c4C(C#N)=C(N)CS5)c(P)c2n1)COC3. The molecule has 0 aliphatic carbocycles. The van der Waals surface area contributed by atoms with Gasteiger partial charge in [0.25, 0.3) is 0 Å². The lowest BCUT2D eigenvalue weighted by molar-refractivity contribution is 0.135. The zero-order valence-corrected chi connectivity index (χ0v) is 19.3. The van der Waals surface area contributed by atoms with Crippen molar-refractivity contribution in [1.82, 2.24) is 15.0 Å². The molecule has 2 N–H and O–H groups in total. The Hall–Kier alpha value is -2.24. The smallest absolute Gasteiger partial charge is 0.188 e. The molecule has 0 spiro atoms. The summed E-state index contributed by atoms with van der Waals surface area (Å²) in [4.78, 5) is 13.5. The number of nitrogens with two attached hydrogens (primary N) is 1. The highest BCUT2D eigenvalue weighted by Gasteiger charge is 2.31. The van der Waals surface area contributed by atoms with Gasteiger partial charge in [-0.05, 0) is 16.9 Å². The molecule has 0 fully saturated rings. The number of nitriles is 1. The Morgan fingerprint density at radius 2 is 2.06 bits per heavy atom. The number of hydrogen-bond donors (Lipinski definition) is 1. The number of benzene rings is 1. The van der Waals surface area contributed by atoms with Crippen LogP contribution in [0.4, 0.5) is 4.39 Å². The third-order valence-corrected chi connectivity index (χ3v) is 7.69. The van der Waals surface area contributed by atoms with Crippen LogP contribution < -0.4 is 11.0 Å². The minimum atomic E-state index is -0.504. The van der Waals surface area contributed by atoms with E-state index in [1.54, 1.807) is 11.8 Å². The lowest BCUT2D eigenvalue weighted by atomic mass is 9.89. The van der Waals surface area contributed by atoms with E-state index in [0.29, 0.717) is 51.5 Å². The van der Waals surface area contributed by atoms with E-state index in [9.17, 15) is 5.26 Å². The molecule has 5 rings (SSSR count). The Bertz CT molecular complexity index is 1340. The average molecular weight is 470 g/mol. The monoisotopic (exact) mass is 469 g/mol. The van der Waals surface area contributed by atoms with Gasteiger partial charge in [0.15, 0.2) is 5.16 Å². The van der Waals surface area contributed by atoms with Crippen LogP contribution in [-0.2, 0) is 18.0 Å². The van der Waals surface area contributed by atoms with Gasteiger partial charge >= 0.3 is 0 Å². The van der Waals surface area contributed by atoms with Gasteiger partial charge in [0.1, 0.15) is 16.9 Å². The third-order valence-electron chi connectivity index (χ3n) is 5.34. The third kappa shape index (κ3) is 3.21. The minimum Gasteiger partial charge on any atom is -0.400 e. The number of fused-ring (bicyclic) bond motifs is 4. The van der Waals surface area contributed by atoms with Crippen molar-refractivity contribution in [3.63, 3.8) is 0 Å². The summed E-state index contributed by atoms with van der Waals surface area (Å²) in [6, 6.07) is 2.17. The second kappa shape index (κ2) is 8.03. The van der Waals surface area contributed by atoms with Crippen molar-refractivity contribution in [3.05, 3.63) is 40.6 Å². The van der Waals surface area contributed by atoms with Crippen LogP contribution in [0.15, 0.2) is 28.3 Å². The van der Waals surface area contributed by atoms with Gasteiger partial charge in [0, 0.05) is 45.0 Å². The summed E-state index contributed by atoms with van der Waals surface area (Å²) in [6.07, 6.45) is 3.03. The molecule has 1 aromatic carbocycles. The number of hydrogen-bond acceptors (Lipinski definition) is 8. The predicted octanol–water partition coefficient (Wildman–Crippen LogP) is 3.77. The molecule has 0 amide bonds. The second-order valence-electron chi connectivity index (χ2n) is 7.05. The first-order valence-corrected chi connectivity index (χ1v) is 12.1. The molecule has 2 aliphatic rings. The van der Waals surface area contributed by atoms with E-state index in [2.05, 4.69) is 25.3 Å². The van der Waals surface area contributed by atoms with Gasteiger partial charge in [-0.25, -0.2) is 19.3 Å². The van der Waals surface area contributed by atoms with Gasteiger partial charge < -0.3 is 10.5 Å². The molecule has 2 aromatic heterocycles. The molecular weight excluding hydrogens is 452 g/mol. The largest absolute Gasteiger partial charge is 0.400 e. The van der Waals surface area contributed by atoms with Crippen molar-refractivity contribution in [1.29, 1.82) is 5.26 Å². The highest BCUT2D eigenvalue weighted by molar-refractivity contribution is 7.99. The highest BCUT2D eigenvalue weighted by Crippen LogP contribution is 2.45. The van der Waals surface area contributed by atoms with Crippen LogP contribution in [0, 0.1) is 17.1 Å². The predicted molar refractivity (Wildman–Crippen MR) is 124 cm³/mol. The van der Waals surface area contributed by atoms with Crippen molar-refractivity contribution in [2.75, 3.05) is 11.5 Å². The van der Waals surface area contributed by atoms with Crippen molar-refractivity contribution < 1.29 is 9.13 Å². The highest BCUT2D eigenvalue weighted by atomic mass is 32.2. The normalized spacial score (nSPS) is 15.2. The van der Waals surface area contributed by atoms with E-state index in [4.69, 9.17) is 15.5 Å². The summed E-state index contributed by atoms with van der Waals surface area (Å²) >= 11 is 2.95. The molecule has 156 valence electrons. The van der Waals surface area contributed by atoms with Gasteiger partial charge in [-0.3, -0.25) is 0 Å². The van der Waals surface area contributed by atoms with Gasteiger partial charge in [0.05, 0.1) is 30.5 Å². The van der Waals surface area contributed by atoms with E-state index in [1.165, 1.54) is 18.0 Å². The van der Waals surface area contributed by atoms with Crippen LogP contribution in [0.25, 0.3) is 27.6 Å². The van der Waals surface area contributed by atoms with Crippen LogP contribution in [0.1, 0.15) is 23.6 Å². The summed E-state index contributed by atoms with van der Waals surface area (Å²) in [5.74, 6) is 0.791. The van der Waals surface area contributed by atoms with Crippen molar-refractivity contribution in [2.24, 2.45) is 5.73 Å². The summed E-state index contributed by atoms with van der Waals surface area (Å²) in [5, 5.41) is 12.7. The quantitative estimate of drug-likeness (QED) is 0.352. The van der Waals surface area contributed by atoms with Crippen molar-refractivity contribution in [3.8, 4) is 17.2 Å². The lowest BCUT2D eigenvalue weighted by Crippen LogP contribution is -2.15. The van der Waals surface area contributed by atoms with Crippen LogP contribution in [0.5, 0.6) is 0 Å². The summed E-state index contributed by atoms with van der Waals surface area (Å²) < 4.78 is 21.2. The topological polar surface area (TPSA) is 97.7 Å². The Morgan fingerprint density at radius 3 is 2.84 bits per heavy atom. The first kappa shape index (κ1) is 20.7. The molecular formula is C21H17FN5OPS2. The first-order valence-electron chi connectivity index (χ1n) is 9.56. The molecule has 3 aromatic rings. The fourth-order valence-corrected chi connectivity index (χ4v) is 6.00. The van der Waals surface area contributed by atoms with Gasteiger partial charge in [-0.15, -0.1) is 9.24 Å². The average Bonchev–Trinajstić information content (AvgIpc) is 3.25. The maximum Gasteiger partial charge on any atom is 0.188 e. The van der Waals surface area contributed by atoms with Gasteiger partial charge in [0.2, 0.25) is 0 Å². The molecule has 0 saturated carbocycles. The maximum atomic E-state index is 15.4. The fraction of sp³-hybridized carbons (Fsp3) is 0.238. The summed E-state index contributed by atoms with van der Waals surface area (Å²) in [6.45, 7) is 2.79. The molecule has 1 atom stereocenters. The van der Waals surface area contributed by atoms with E-state index in [0.717, 1.165) is 33.1 Å². The second-order valence-corrected chi connectivity index (χ2v) is 9.82. The standard InChI is InChI=1S/C21H17FN5OPS2/c1-2-30-21-26-4-10-11-6-28-7-12(11)15(19(29)18(10)27-21)17-13(22)5-25-20-16(17)9(3-23)14(24)8-31-20/h4-5H,2,6-8,24,29H2,1H3. The molecule has 6 nitrogen and oxygen atoms in total. The van der Waals surface area contributed by atoms with E-state index >= 15 is 4.39 Å².